The number of hydrogen-bond acceptors (Lipinski definition) is 2. The summed E-state index contributed by atoms with van der Waals surface area (Å²) < 4.78 is 0. The summed E-state index contributed by atoms with van der Waals surface area (Å²) in [5.74, 6) is -0.201. The van der Waals surface area contributed by atoms with Gasteiger partial charge in [-0.25, -0.2) is 0 Å². The minimum atomic E-state index is -0.191. The molecule has 2 aromatic carbocycles. The zero-order valence-corrected chi connectivity index (χ0v) is 15.3. The summed E-state index contributed by atoms with van der Waals surface area (Å²) >= 11 is 0. The maximum Gasteiger partial charge on any atom is 0.255 e. The van der Waals surface area contributed by atoms with E-state index < -0.39 is 0 Å². The molecule has 0 aliphatic carbocycles. The molecule has 0 saturated heterocycles. The average molecular weight is 338 g/mol. The molecule has 0 saturated carbocycles. The molecule has 2 N–H and O–H groups in total. The summed E-state index contributed by atoms with van der Waals surface area (Å²) in [4.78, 5) is 24.7. The van der Waals surface area contributed by atoms with E-state index in [1.807, 2.05) is 39.8 Å². The van der Waals surface area contributed by atoms with Crippen LogP contribution < -0.4 is 10.6 Å². The van der Waals surface area contributed by atoms with Crippen LogP contribution in [0.15, 0.2) is 42.5 Å². The van der Waals surface area contributed by atoms with E-state index in [1.54, 1.807) is 24.3 Å². The number of carbonyl (C=O) groups excluding carboxylic acids is 2. The predicted octanol–water partition coefficient (Wildman–Crippen LogP) is 4.93. The molecule has 2 amide bonds. The Morgan fingerprint density at radius 1 is 0.880 bits per heavy atom. The van der Waals surface area contributed by atoms with Gasteiger partial charge in [-0.05, 0) is 68.1 Å². The SMILES string of the molecule is CCC(CC)C(=O)Nc1cccc(C(=O)Nc2cc(C)cc(C)c2)c1. The Balaban J connectivity index is 2.12. The molecule has 0 atom stereocenters. The van der Waals surface area contributed by atoms with E-state index in [4.69, 9.17) is 0 Å². The number of carbonyl (C=O) groups is 2. The van der Waals surface area contributed by atoms with Gasteiger partial charge in [-0.1, -0.05) is 26.0 Å². The lowest BCUT2D eigenvalue weighted by Crippen LogP contribution is -2.22. The second kappa shape index (κ2) is 8.47. The molecule has 0 bridgehead atoms. The molecule has 0 radical (unpaired) electrons. The molecular weight excluding hydrogens is 312 g/mol. The fourth-order valence-electron chi connectivity index (χ4n) is 2.89. The first-order chi connectivity index (χ1) is 11.9. The first-order valence-electron chi connectivity index (χ1n) is 8.73. The lowest BCUT2D eigenvalue weighted by atomic mass is 10.0. The van der Waals surface area contributed by atoms with Crippen LogP contribution in [0.5, 0.6) is 0 Å². The van der Waals surface area contributed by atoms with Gasteiger partial charge in [0.1, 0.15) is 0 Å². The van der Waals surface area contributed by atoms with Gasteiger partial charge in [-0.2, -0.15) is 0 Å². The van der Waals surface area contributed by atoms with Crippen molar-refractivity contribution < 1.29 is 9.59 Å². The summed E-state index contributed by atoms with van der Waals surface area (Å²) in [5, 5.41) is 5.82. The van der Waals surface area contributed by atoms with Gasteiger partial charge < -0.3 is 10.6 Å². The molecule has 0 unspecified atom stereocenters. The van der Waals surface area contributed by atoms with Crippen LogP contribution in [0.1, 0.15) is 48.2 Å². The molecule has 2 rings (SSSR count). The highest BCUT2D eigenvalue weighted by Crippen LogP contribution is 2.18. The number of nitrogens with one attached hydrogen (secondary N) is 2. The Labute approximate surface area is 149 Å². The van der Waals surface area contributed by atoms with Crippen molar-refractivity contribution in [1.29, 1.82) is 0 Å². The van der Waals surface area contributed by atoms with Crippen LogP contribution in [0.25, 0.3) is 0 Å². The standard InChI is InChI=1S/C21H26N2O2/c1-5-16(6-2)20(24)22-18-9-7-8-17(13-18)21(25)23-19-11-14(3)10-15(4)12-19/h7-13,16H,5-6H2,1-4H3,(H,22,24)(H,23,25). The molecule has 25 heavy (non-hydrogen) atoms. The average Bonchev–Trinajstić information content (AvgIpc) is 2.55. The van der Waals surface area contributed by atoms with Crippen molar-refractivity contribution in [2.45, 2.75) is 40.5 Å². The van der Waals surface area contributed by atoms with E-state index in [1.165, 1.54) is 0 Å². The monoisotopic (exact) mass is 338 g/mol. The number of anilines is 2. The van der Waals surface area contributed by atoms with E-state index >= 15 is 0 Å². The Hall–Kier alpha value is -2.62. The topological polar surface area (TPSA) is 58.2 Å². The molecular formula is C21H26N2O2. The molecule has 132 valence electrons. The van der Waals surface area contributed by atoms with Gasteiger partial charge in [0.15, 0.2) is 0 Å². The maximum atomic E-state index is 12.5. The van der Waals surface area contributed by atoms with Crippen molar-refractivity contribution in [3.8, 4) is 0 Å². The molecule has 0 fully saturated rings. The second-order valence-electron chi connectivity index (χ2n) is 6.41. The fraction of sp³-hybridized carbons (Fsp3) is 0.333. The highest BCUT2D eigenvalue weighted by atomic mass is 16.2. The van der Waals surface area contributed by atoms with Crippen molar-refractivity contribution in [2.24, 2.45) is 5.92 Å². The third kappa shape index (κ3) is 5.18. The summed E-state index contributed by atoms with van der Waals surface area (Å²) in [5.41, 5.74) is 4.13. The van der Waals surface area contributed by atoms with Crippen molar-refractivity contribution >= 4 is 23.2 Å². The predicted molar refractivity (Wildman–Crippen MR) is 103 cm³/mol. The van der Waals surface area contributed by atoms with Crippen molar-refractivity contribution in [2.75, 3.05) is 10.6 Å². The normalized spacial score (nSPS) is 10.6. The summed E-state index contributed by atoms with van der Waals surface area (Å²) in [6.07, 6.45) is 1.60. The van der Waals surface area contributed by atoms with Gasteiger partial charge in [0, 0.05) is 22.9 Å². The number of aryl methyl sites for hydroxylation is 2. The first kappa shape index (κ1) is 18.7. The van der Waals surface area contributed by atoms with Gasteiger partial charge >= 0.3 is 0 Å². The summed E-state index contributed by atoms with van der Waals surface area (Å²) in [6, 6.07) is 13.0. The van der Waals surface area contributed by atoms with Crippen LogP contribution in [0, 0.1) is 19.8 Å². The van der Waals surface area contributed by atoms with E-state index in [0.29, 0.717) is 11.3 Å². The third-order valence-electron chi connectivity index (χ3n) is 4.23. The molecule has 4 heteroatoms. The van der Waals surface area contributed by atoms with E-state index in [-0.39, 0.29) is 17.7 Å². The van der Waals surface area contributed by atoms with Gasteiger partial charge in [0.05, 0.1) is 0 Å². The minimum absolute atomic E-state index is 0.00290. The number of amides is 2. The largest absolute Gasteiger partial charge is 0.326 e. The smallest absolute Gasteiger partial charge is 0.255 e. The molecule has 0 heterocycles. The lowest BCUT2D eigenvalue weighted by Gasteiger charge is -2.13. The van der Waals surface area contributed by atoms with Crippen molar-refractivity contribution in [3.05, 3.63) is 59.2 Å². The number of hydrogen-bond donors (Lipinski definition) is 2. The Morgan fingerprint density at radius 2 is 1.52 bits per heavy atom. The van der Waals surface area contributed by atoms with Gasteiger partial charge in [-0.3, -0.25) is 9.59 Å². The van der Waals surface area contributed by atoms with E-state index in [0.717, 1.165) is 29.7 Å². The quantitative estimate of drug-likeness (QED) is 0.784. The maximum absolute atomic E-state index is 12.5. The highest BCUT2D eigenvalue weighted by Gasteiger charge is 2.15. The van der Waals surface area contributed by atoms with Crippen LogP contribution >= 0.6 is 0 Å². The van der Waals surface area contributed by atoms with Gasteiger partial charge in [-0.15, -0.1) is 0 Å². The fourth-order valence-corrected chi connectivity index (χ4v) is 2.89. The molecule has 0 aromatic heterocycles. The van der Waals surface area contributed by atoms with Gasteiger partial charge in [0.2, 0.25) is 5.91 Å². The van der Waals surface area contributed by atoms with Crippen molar-refractivity contribution in [1.82, 2.24) is 0 Å². The molecule has 0 aliphatic rings. The molecule has 0 spiro atoms. The van der Waals surface area contributed by atoms with Gasteiger partial charge in [0.25, 0.3) is 5.91 Å². The second-order valence-corrected chi connectivity index (χ2v) is 6.41. The number of rotatable bonds is 6. The Morgan fingerprint density at radius 3 is 2.12 bits per heavy atom. The Bertz CT molecular complexity index is 744. The Kier molecular flexibility index (Phi) is 6.34. The van der Waals surface area contributed by atoms with E-state index in [2.05, 4.69) is 16.7 Å². The summed E-state index contributed by atoms with van der Waals surface area (Å²) in [7, 11) is 0. The minimum Gasteiger partial charge on any atom is -0.326 e. The zero-order valence-electron chi connectivity index (χ0n) is 15.3. The molecule has 4 nitrogen and oxygen atoms in total. The van der Waals surface area contributed by atoms with Crippen LogP contribution in [-0.2, 0) is 4.79 Å². The number of benzene rings is 2. The van der Waals surface area contributed by atoms with Crippen LogP contribution in [0.2, 0.25) is 0 Å². The molecule has 0 aliphatic heterocycles. The summed E-state index contributed by atoms with van der Waals surface area (Å²) in [6.45, 7) is 8.00. The van der Waals surface area contributed by atoms with E-state index in [9.17, 15) is 9.59 Å². The van der Waals surface area contributed by atoms with Crippen LogP contribution in [0.3, 0.4) is 0 Å². The highest BCUT2D eigenvalue weighted by molar-refractivity contribution is 6.05. The van der Waals surface area contributed by atoms with Crippen LogP contribution in [0.4, 0.5) is 11.4 Å². The van der Waals surface area contributed by atoms with Crippen LogP contribution in [-0.4, -0.2) is 11.8 Å². The molecule has 2 aromatic rings. The first-order valence-corrected chi connectivity index (χ1v) is 8.73. The lowest BCUT2D eigenvalue weighted by molar-refractivity contribution is -0.120. The zero-order chi connectivity index (χ0) is 18.4. The third-order valence-corrected chi connectivity index (χ3v) is 4.23. The van der Waals surface area contributed by atoms with Crippen molar-refractivity contribution in [3.63, 3.8) is 0 Å².